The first kappa shape index (κ1) is 26.7. The van der Waals surface area contributed by atoms with Gasteiger partial charge in [0.05, 0.1) is 36.6 Å². The van der Waals surface area contributed by atoms with Gasteiger partial charge in [-0.05, 0) is 50.0 Å². The molecule has 2 aliphatic carbocycles. The molecule has 7 rings (SSSR count). The molecular weight excluding hydrogens is 546 g/mol. The first-order valence-electron chi connectivity index (χ1n) is 14.7. The number of morpholine rings is 1. The summed E-state index contributed by atoms with van der Waals surface area (Å²) in [6.07, 6.45) is 10.4. The minimum absolute atomic E-state index is 0.217. The predicted octanol–water partition coefficient (Wildman–Crippen LogP) is 4.98. The molecule has 3 aromatic heterocycles. The molecule has 0 spiro atoms. The van der Waals surface area contributed by atoms with E-state index in [2.05, 4.69) is 32.2 Å². The van der Waals surface area contributed by atoms with E-state index in [9.17, 15) is 4.79 Å². The van der Waals surface area contributed by atoms with Gasteiger partial charge in [0.2, 0.25) is 5.95 Å². The van der Waals surface area contributed by atoms with Gasteiger partial charge in [-0.25, -0.2) is 14.8 Å². The molecule has 3 atom stereocenters. The molecule has 2 saturated carbocycles. The summed E-state index contributed by atoms with van der Waals surface area (Å²) in [5.41, 5.74) is 6.23. The summed E-state index contributed by atoms with van der Waals surface area (Å²) in [6.45, 7) is 4.63. The van der Waals surface area contributed by atoms with Gasteiger partial charge < -0.3 is 23.8 Å². The van der Waals surface area contributed by atoms with Crippen molar-refractivity contribution >= 4 is 34.7 Å². The van der Waals surface area contributed by atoms with E-state index >= 15 is 0 Å². The van der Waals surface area contributed by atoms with Gasteiger partial charge >= 0.3 is 6.09 Å². The number of imidazole rings is 1. The molecule has 5 heterocycles. The van der Waals surface area contributed by atoms with Gasteiger partial charge in [-0.2, -0.15) is 0 Å². The fourth-order valence-electron chi connectivity index (χ4n) is 7.07. The van der Waals surface area contributed by atoms with E-state index in [4.69, 9.17) is 35.9 Å². The molecule has 2 saturated heterocycles. The molecule has 2 N–H and O–H groups in total. The molecule has 1 unspecified atom stereocenters. The number of fused-ring (bicyclic) bond motifs is 2. The van der Waals surface area contributed by atoms with E-state index < -0.39 is 12.3 Å². The zero-order valence-electron chi connectivity index (χ0n) is 23.4. The normalized spacial score (nSPS) is 28.0. The van der Waals surface area contributed by atoms with Gasteiger partial charge in [0, 0.05) is 31.0 Å². The maximum absolute atomic E-state index is 12.0. The van der Waals surface area contributed by atoms with Gasteiger partial charge in [-0.3, -0.25) is 10.3 Å². The highest BCUT2D eigenvalue weighted by Crippen LogP contribution is 2.43. The molecule has 4 fully saturated rings. The van der Waals surface area contributed by atoms with Crippen LogP contribution in [0.4, 0.5) is 10.7 Å². The van der Waals surface area contributed by atoms with E-state index in [0.717, 1.165) is 55.3 Å². The number of anilines is 1. The van der Waals surface area contributed by atoms with E-state index in [-0.39, 0.29) is 12.1 Å². The lowest BCUT2D eigenvalue weighted by Crippen LogP contribution is -2.49. The van der Waals surface area contributed by atoms with Crippen molar-refractivity contribution in [1.82, 2.24) is 30.3 Å². The van der Waals surface area contributed by atoms with Gasteiger partial charge in [-0.15, -0.1) is 5.48 Å². The fourth-order valence-corrected chi connectivity index (χ4v) is 7.25. The third kappa shape index (κ3) is 4.87. The summed E-state index contributed by atoms with van der Waals surface area (Å²) in [5, 5.41) is 3.28. The number of ether oxygens (including phenoxy) is 2. The predicted molar refractivity (Wildman–Crippen MR) is 154 cm³/mol. The summed E-state index contributed by atoms with van der Waals surface area (Å²) >= 11 is 6.44. The highest BCUT2D eigenvalue weighted by Gasteiger charge is 2.40. The Morgan fingerprint density at radius 1 is 1.15 bits per heavy atom. The van der Waals surface area contributed by atoms with Gasteiger partial charge in [-0.1, -0.05) is 31.4 Å². The van der Waals surface area contributed by atoms with Crippen molar-refractivity contribution in [1.29, 1.82) is 0 Å². The maximum Gasteiger partial charge on any atom is 0.427 e. The lowest BCUT2D eigenvalue weighted by atomic mass is 9.83. The Bertz CT molecular complexity index is 1460. The topological polar surface area (TPSA) is 116 Å². The molecule has 0 aromatic carbocycles. The van der Waals surface area contributed by atoms with Crippen LogP contribution in [-0.4, -0.2) is 58.0 Å². The number of amides is 1. The third-order valence-electron chi connectivity index (χ3n) is 9.15. The van der Waals surface area contributed by atoms with E-state index in [1.54, 1.807) is 19.5 Å². The number of halogens is 1. The van der Waals surface area contributed by atoms with Crippen molar-refractivity contribution in [2.24, 2.45) is 11.8 Å². The summed E-state index contributed by atoms with van der Waals surface area (Å²) in [5.74, 6) is 2.71. The second-order valence-corrected chi connectivity index (χ2v) is 12.2. The van der Waals surface area contributed by atoms with Crippen molar-refractivity contribution < 1.29 is 19.1 Å². The summed E-state index contributed by atoms with van der Waals surface area (Å²) < 4.78 is 14.5. The number of aromatic nitrogens is 4. The highest BCUT2D eigenvalue weighted by molar-refractivity contribution is 6.30. The van der Waals surface area contributed by atoms with Crippen molar-refractivity contribution in [3.8, 4) is 17.0 Å². The van der Waals surface area contributed by atoms with Crippen LogP contribution in [0.1, 0.15) is 63.7 Å². The van der Waals surface area contributed by atoms with Crippen molar-refractivity contribution in [3.05, 3.63) is 29.2 Å². The van der Waals surface area contributed by atoms with Crippen molar-refractivity contribution in [2.45, 2.75) is 76.7 Å². The van der Waals surface area contributed by atoms with Crippen LogP contribution in [0.3, 0.4) is 0 Å². The van der Waals surface area contributed by atoms with E-state index in [1.807, 2.05) is 6.07 Å². The summed E-state index contributed by atoms with van der Waals surface area (Å²) in [4.78, 5) is 34.2. The molecule has 41 heavy (non-hydrogen) atoms. The average Bonchev–Trinajstić information content (AvgIpc) is 3.72. The lowest BCUT2D eigenvalue weighted by Gasteiger charge is -2.39. The van der Waals surface area contributed by atoms with E-state index in [0.29, 0.717) is 40.2 Å². The Hall–Kier alpha value is -3.15. The second-order valence-electron chi connectivity index (χ2n) is 11.8. The molecule has 11 nitrogen and oxygen atoms in total. The van der Waals surface area contributed by atoms with Gasteiger partial charge in [0.25, 0.3) is 0 Å². The van der Waals surface area contributed by atoms with Crippen LogP contribution in [0.5, 0.6) is 5.75 Å². The van der Waals surface area contributed by atoms with Crippen LogP contribution in [0.15, 0.2) is 18.5 Å². The monoisotopic (exact) mass is 581 g/mol. The maximum atomic E-state index is 12.0. The first-order chi connectivity index (χ1) is 20.0. The second kappa shape index (κ2) is 10.9. The Balaban J connectivity index is 1.46. The largest absolute Gasteiger partial charge is 0.492 e. The van der Waals surface area contributed by atoms with E-state index in [1.165, 1.54) is 25.7 Å². The van der Waals surface area contributed by atoms with Crippen molar-refractivity contribution in [3.63, 3.8) is 0 Å². The number of carbonyl (C=O) groups excluding carboxylic acids is 1. The van der Waals surface area contributed by atoms with Crippen LogP contribution in [0, 0.1) is 11.8 Å². The smallest absolute Gasteiger partial charge is 0.427 e. The van der Waals surface area contributed by atoms with Crippen LogP contribution in [0.25, 0.3) is 22.3 Å². The number of hydroxylamine groups is 1. The van der Waals surface area contributed by atoms with Crippen LogP contribution in [-0.2, 0) is 16.1 Å². The zero-order chi connectivity index (χ0) is 28.1. The number of rotatable bonds is 6. The molecule has 0 bridgehead atoms. The third-order valence-corrected chi connectivity index (χ3v) is 9.36. The minimum atomic E-state index is -0.705. The number of hydrogen-bond acceptors (Lipinski definition) is 9. The number of methoxy groups -OCH3 is 1. The van der Waals surface area contributed by atoms with Crippen LogP contribution < -0.4 is 20.4 Å². The molecule has 12 heteroatoms. The Morgan fingerprint density at radius 2 is 2.00 bits per heavy atom. The Kier molecular flexibility index (Phi) is 7.12. The quantitative estimate of drug-likeness (QED) is 0.415. The lowest BCUT2D eigenvalue weighted by molar-refractivity contribution is 0.0247. The number of hydrogen-bond donors (Lipinski definition) is 2. The molecule has 4 aliphatic rings. The molecule has 2 aliphatic heterocycles. The summed E-state index contributed by atoms with van der Waals surface area (Å²) in [6, 6.07) is 2.15. The Labute approximate surface area is 243 Å². The molecule has 0 radical (unpaired) electrons. The summed E-state index contributed by atoms with van der Waals surface area (Å²) in [7, 11) is 1.61. The zero-order valence-corrected chi connectivity index (χ0v) is 24.2. The number of nitrogens with zero attached hydrogens (tertiary/aromatic N) is 5. The number of nitrogens with one attached hydrogen (secondary N) is 2. The highest BCUT2D eigenvalue weighted by atomic mass is 35.5. The Morgan fingerprint density at radius 3 is 2.76 bits per heavy atom. The molecular formula is C29H36ClN7O4. The van der Waals surface area contributed by atoms with Crippen LogP contribution >= 0.6 is 11.6 Å². The van der Waals surface area contributed by atoms with Crippen LogP contribution in [0.2, 0.25) is 5.02 Å². The average molecular weight is 582 g/mol. The van der Waals surface area contributed by atoms with Crippen molar-refractivity contribution in [2.75, 3.05) is 25.2 Å². The SMILES string of the molecule is COc1c(C2NOC(=O)N2)nc(-c2cncc(Cl)c2)c2c1nc(N1CCO[C@@H]3CCC[C@H]31)n2CC1CCC(C)CC1. The van der Waals surface area contributed by atoms with Gasteiger partial charge in [0.1, 0.15) is 16.7 Å². The standard InChI is InChI=1S/C29H36ClN7O4/c1-16-6-8-17(9-7-16)15-37-25-22(18-12-19(30)14-31-13-18)32-24(27-34-29(38)41-35-27)26(39-2)23(25)33-28(37)36-10-11-40-21-5-3-4-20(21)36/h12-14,16-17,20-21,27,35H,3-11,15H2,1-2H3,(H,34,38)/t16?,17?,20-,21-,27?/m1/s1. The number of carbonyl (C=O) groups is 1. The minimum Gasteiger partial charge on any atom is -0.492 e. The molecule has 3 aromatic rings. The first-order valence-corrected chi connectivity index (χ1v) is 15.1. The fraction of sp³-hybridized carbons (Fsp3) is 0.586. The van der Waals surface area contributed by atoms with Gasteiger partial charge in [0.15, 0.2) is 11.9 Å². The molecule has 1 amide bonds. The number of pyridine rings is 2. The molecule has 218 valence electrons.